The molecule has 0 aliphatic heterocycles. The Bertz CT molecular complexity index is 1070. The first-order valence-corrected chi connectivity index (χ1v) is 9.10. The second-order valence-electron chi connectivity index (χ2n) is 5.56. The molecule has 0 amide bonds. The molecule has 0 atom stereocenters. The molecule has 0 bridgehead atoms. The lowest BCUT2D eigenvalue weighted by atomic mass is 10.1. The number of halogens is 3. The highest BCUT2D eigenvalue weighted by molar-refractivity contribution is 7.89. The van der Waals surface area contributed by atoms with E-state index < -0.39 is 21.9 Å². The van der Waals surface area contributed by atoms with E-state index in [1.54, 1.807) is 12.1 Å². The van der Waals surface area contributed by atoms with Crippen molar-refractivity contribution < 1.29 is 26.3 Å². The summed E-state index contributed by atoms with van der Waals surface area (Å²) in [5.41, 5.74) is -0.904. The number of primary sulfonamides is 1. The van der Waals surface area contributed by atoms with Crippen molar-refractivity contribution in [3.8, 4) is 22.7 Å². The molecule has 0 fully saturated rings. The lowest BCUT2D eigenvalue weighted by Gasteiger charge is -2.11. The number of nitrogens with zero attached hydrogens (tertiary/aromatic N) is 2. The van der Waals surface area contributed by atoms with Crippen LogP contribution in [-0.4, -0.2) is 25.3 Å². The van der Waals surface area contributed by atoms with Crippen molar-refractivity contribution in [1.29, 1.82) is 0 Å². The van der Waals surface area contributed by atoms with Gasteiger partial charge < -0.3 is 4.74 Å². The molecule has 1 heterocycles. The molecular weight excluding hydrogens is 383 g/mol. The third kappa shape index (κ3) is 3.81. The smallest absolute Gasteiger partial charge is 0.435 e. The fraction of sp³-hybridized carbons (Fsp3) is 0.118. The summed E-state index contributed by atoms with van der Waals surface area (Å²) in [4.78, 5) is -0.298. The lowest BCUT2D eigenvalue weighted by Crippen LogP contribution is -2.14. The van der Waals surface area contributed by atoms with Crippen molar-refractivity contribution in [2.24, 2.45) is 5.14 Å². The monoisotopic (exact) mass is 397 g/mol. The van der Waals surface area contributed by atoms with Gasteiger partial charge in [0.15, 0.2) is 5.69 Å². The quantitative estimate of drug-likeness (QED) is 0.732. The summed E-state index contributed by atoms with van der Waals surface area (Å²) < 4.78 is 69.5. The van der Waals surface area contributed by atoms with Crippen LogP contribution in [0.4, 0.5) is 13.2 Å². The van der Waals surface area contributed by atoms with Gasteiger partial charge in [0.1, 0.15) is 5.75 Å². The zero-order valence-corrected chi connectivity index (χ0v) is 14.8. The van der Waals surface area contributed by atoms with E-state index in [2.05, 4.69) is 5.10 Å². The van der Waals surface area contributed by atoms with E-state index in [-0.39, 0.29) is 16.2 Å². The minimum atomic E-state index is -4.71. The van der Waals surface area contributed by atoms with Crippen LogP contribution in [0.25, 0.3) is 16.9 Å². The Labute approximate surface area is 153 Å². The first kappa shape index (κ1) is 18.9. The van der Waals surface area contributed by atoms with Gasteiger partial charge in [0.05, 0.1) is 23.4 Å². The SMILES string of the molecule is COc1ccc(-n2nc(C(F)(F)F)cc2-c2ccccc2S(N)(=O)=O)cc1. The first-order chi connectivity index (χ1) is 12.6. The van der Waals surface area contributed by atoms with Gasteiger partial charge in [0.2, 0.25) is 10.0 Å². The van der Waals surface area contributed by atoms with Crippen molar-refractivity contribution in [2.45, 2.75) is 11.1 Å². The van der Waals surface area contributed by atoms with E-state index in [0.717, 1.165) is 10.7 Å². The number of benzene rings is 2. The van der Waals surface area contributed by atoms with Crippen LogP contribution in [0.2, 0.25) is 0 Å². The van der Waals surface area contributed by atoms with Gasteiger partial charge in [0, 0.05) is 5.56 Å². The Morgan fingerprint density at radius 3 is 2.26 bits per heavy atom. The Morgan fingerprint density at radius 2 is 1.70 bits per heavy atom. The Kier molecular flexibility index (Phi) is 4.70. The highest BCUT2D eigenvalue weighted by Crippen LogP contribution is 2.35. The van der Waals surface area contributed by atoms with Crippen LogP contribution < -0.4 is 9.88 Å². The standard InChI is InChI=1S/C17H14F3N3O3S/c1-26-12-8-6-11(7-9-12)23-14(10-16(22-23)17(18,19)20)13-4-2-3-5-15(13)27(21,24)25/h2-10H,1H3,(H2,21,24,25). The van der Waals surface area contributed by atoms with Gasteiger partial charge in [0.25, 0.3) is 0 Å². The number of rotatable bonds is 4. The number of methoxy groups -OCH3 is 1. The minimum Gasteiger partial charge on any atom is -0.497 e. The van der Waals surface area contributed by atoms with Crippen molar-refractivity contribution >= 4 is 10.0 Å². The fourth-order valence-electron chi connectivity index (χ4n) is 2.56. The Hall–Kier alpha value is -2.85. The van der Waals surface area contributed by atoms with Crippen molar-refractivity contribution in [1.82, 2.24) is 9.78 Å². The van der Waals surface area contributed by atoms with Gasteiger partial charge in [-0.1, -0.05) is 18.2 Å². The van der Waals surface area contributed by atoms with Crippen LogP contribution in [-0.2, 0) is 16.2 Å². The maximum Gasteiger partial charge on any atom is 0.435 e. The van der Waals surface area contributed by atoms with Gasteiger partial charge in [-0.05, 0) is 36.4 Å². The van der Waals surface area contributed by atoms with Crippen molar-refractivity contribution in [2.75, 3.05) is 7.11 Å². The molecule has 1 aromatic heterocycles. The molecule has 3 rings (SSSR count). The summed E-state index contributed by atoms with van der Waals surface area (Å²) in [6.45, 7) is 0. The Morgan fingerprint density at radius 1 is 1.07 bits per heavy atom. The number of ether oxygens (including phenoxy) is 1. The topological polar surface area (TPSA) is 87.2 Å². The summed E-state index contributed by atoms with van der Waals surface area (Å²) in [6, 6.07) is 12.4. The Balaban J connectivity index is 2.28. The van der Waals surface area contributed by atoms with Gasteiger partial charge >= 0.3 is 6.18 Å². The van der Waals surface area contributed by atoms with E-state index in [4.69, 9.17) is 9.88 Å². The third-order valence-electron chi connectivity index (χ3n) is 3.79. The predicted molar refractivity (Wildman–Crippen MR) is 91.9 cm³/mol. The molecule has 10 heteroatoms. The number of aromatic nitrogens is 2. The third-order valence-corrected chi connectivity index (χ3v) is 4.76. The minimum absolute atomic E-state index is 0.0128. The summed E-state index contributed by atoms with van der Waals surface area (Å²) in [5.74, 6) is 0.508. The average molecular weight is 397 g/mol. The molecule has 0 unspecified atom stereocenters. The number of sulfonamides is 1. The van der Waals surface area contributed by atoms with Gasteiger partial charge in [-0.3, -0.25) is 0 Å². The fourth-order valence-corrected chi connectivity index (χ4v) is 3.31. The summed E-state index contributed by atoms with van der Waals surface area (Å²) in [6.07, 6.45) is -4.71. The first-order valence-electron chi connectivity index (χ1n) is 7.55. The number of nitrogens with two attached hydrogens (primary N) is 1. The molecule has 0 aliphatic carbocycles. The average Bonchev–Trinajstić information content (AvgIpc) is 3.07. The molecule has 2 aromatic carbocycles. The molecule has 2 N–H and O–H groups in total. The lowest BCUT2D eigenvalue weighted by molar-refractivity contribution is -0.141. The van der Waals surface area contributed by atoms with Gasteiger partial charge in [-0.15, -0.1) is 0 Å². The highest BCUT2D eigenvalue weighted by Gasteiger charge is 2.36. The van der Waals surface area contributed by atoms with Crippen LogP contribution in [0.3, 0.4) is 0 Å². The van der Waals surface area contributed by atoms with Crippen molar-refractivity contribution in [3.05, 3.63) is 60.3 Å². The van der Waals surface area contributed by atoms with E-state index in [0.29, 0.717) is 11.4 Å². The number of alkyl halides is 3. The van der Waals surface area contributed by atoms with Gasteiger partial charge in [-0.25, -0.2) is 18.2 Å². The maximum absolute atomic E-state index is 13.2. The zero-order chi connectivity index (χ0) is 19.8. The van der Waals surface area contributed by atoms with Crippen LogP contribution in [0, 0.1) is 0 Å². The molecular formula is C17H14F3N3O3S. The highest BCUT2D eigenvalue weighted by atomic mass is 32.2. The summed E-state index contributed by atoms with van der Waals surface area (Å²) in [5, 5.41) is 8.84. The normalized spacial score (nSPS) is 12.2. The number of hydrogen-bond donors (Lipinski definition) is 1. The summed E-state index contributed by atoms with van der Waals surface area (Å²) >= 11 is 0. The maximum atomic E-state index is 13.2. The van der Waals surface area contributed by atoms with E-state index in [9.17, 15) is 21.6 Å². The molecule has 27 heavy (non-hydrogen) atoms. The zero-order valence-electron chi connectivity index (χ0n) is 13.9. The van der Waals surface area contributed by atoms with Crippen LogP contribution >= 0.6 is 0 Å². The predicted octanol–water partition coefficient (Wildman–Crippen LogP) is 3.21. The number of hydrogen-bond acceptors (Lipinski definition) is 4. The molecule has 0 saturated heterocycles. The molecule has 142 valence electrons. The van der Waals surface area contributed by atoms with Crippen molar-refractivity contribution in [3.63, 3.8) is 0 Å². The molecule has 0 aliphatic rings. The molecule has 6 nitrogen and oxygen atoms in total. The van der Waals surface area contributed by atoms with Gasteiger partial charge in [-0.2, -0.15) is 18.3 Å². The van der Waals surface area contributed by atoms with Crippen LogP contribution in [0.5, 0.6) is 5.75 Å². The molecule has 3 aromatic rings. The second kappa shape index (κ2) is 6.71. The van der Waals surface area contributed by atoms with E-state index in [1.165, 1.54) is 43.5 Å². The molecule has 0 radical (unpaired) electrons. The second-order valence-corrected chi connectivity index (χ2v) is 7.09. The summed E-state index contributed by atoms with van der Waals surface area (Å²) in [7, 11) is -2.70. The largest absolute Gasteiger partial charge is 0.497 e. The van der Waals surface area contributed by atoms with E-state index >= 15 is 0 Å². The molecule has 0 saturated carbocycles. The van der Waals surface area contributed by atoms with Crippen LogP contribution in [0.1, 0.15) is 5.69 Å². The van der Waals surface area contributed by atoms with E-state index in [1.807, 2.05) is 0 Å². The molecule has 0 spiro atoms. The van der Waals surface area contributed by atoms with Crippen LogP contribution in [0.15, 0.2) is 59.5 Å².